The van der Waals surface area contributed by atoms with Gasteiger partial charge in [0, 0.05) is 20.2 Å². The third kappa shape index (κ3) is 3.43. The van der Waals surface area contributed by atoms with Crippen molar-refractivity contribution in [2.75, 3.05) is 20.2 Å². The van der Waals surface area contributed by atoms with E-state index in [9.17, 15) is 9.59 Å². The van der Waals surface area contributed by atoms with Crippen LogP contribution in [0, 0.1) is 5.41 Å². The van der Waals surface area contributed by atoms with E-state index in [2.05, 4.69) is 0 Å². The highest BCUT2D eigenvalue weighted by molar-refractivity contribution is 6.00. The van der Waals surface area contributed by atoms with E-state index in [4.69, 9.17) is 9.84 Å². The number of likely N-dealkylation sites (N-methyl/N-ethyl adjacent to an activating group) is 1. The molecule has 0 aromatic rings. The lowest BCUT2D eigenvalue weighted by molar-refractivity contribution is -0.158. The normalized spacial score (nSPS) is 21.0. The molecule has 1 N–H and O–H groups in total. The van der Waals surface area contributed by atoms with Gasteiger partial charge < -0.3 is 14.7 Å². The minimum absolute atomic E-state index is 0.0438. The molecule has 98 valence electrons. The molecule has 5 nitrogen and oxygen atoms in total. The van der Waals surface area contributed by atoms with Crippen molar-refractivity contribution in [3.63, 3.8) is 0 Å². The Morgan fingerprint density at radius 3 is 2.53 bits per heavy atom. The molecule has 1 rings (SSSR count). The summed E-state index contributed by atoms with van der Waals surface area (Å²) in [4.78, 5) is 24.4. The van der Waals surface area contributed by atoms with Crippen LogP contribution in [0.4, 0.5) is 0 Å². The second-order valence-electron chi connectivity index (χ2n) is 5.10. The van der Waals surface area contributed by atoms with Crippen LogP contribution in [0.3, 0.4) is 0 Å². The van der Waals surface area contributed by atoms with Crippen LogP contribution in [-0.2, 0) is 14.3 Å². The number of hydrogen-bond acceptors (Lipinski definition) is 3. The number of carboxylic acid groups (broad SMARTS) is 1. The smallest absolute Gasteiger partial charge is 0.318 e. The van der Waals surface area contributed by atoms with Crippen LogP contribution in [0.5, 0.6) is 0 Å². The first-order valence-electron chi connectivity index (χ1n) is 5.96. The van der Waals surface area contributed by atoms with E-state index < -0.39 is 11.4 Å². The zero-order chi connectivity index (χ0) is 13.1. The van der Waals surface area contributed by atoms with Gasteiger partial charge in [-0.05, 0) is 33.1 Å². The summed E-state index contributed by atoms with van der Waals surface area (Å²) in [6.45, 7) is 4.05. The third-order valence-electron chi connectivity index (χ3n) is 3.17. The highest BCUT2D eigenvalue weighted by Gasteiger charge is 2.38. The Hall–Kier alpha value is -1.10. The topological polar surface area (TPSA) is 66.8 Å². The largest absolute Gasteiger partial charge is 0.480 e. The summed E-state index contributed by atoms with van der Waals surface area (Å²) in [7, 11) is 1.63. The number of ether oxygens (including phenoxy) is 1. The molecule has 1 aliphatic heterocycles. The van der Waals surface area contributed by atoms with E-state index in [1.807, 2.05) is 0 Å². The van der Waals surface area contributed by atoms with Crippen LogP contribution >= 0.6 is 0 Å². The van der Waals surface area contributed by atoms with Crippen molar-refractivity contribution in [1.82, 2.24) is 4.90 Å². The summed E-state index contributed by atoms with van der Waals surface area (Å²) in [5.74, 6) is -1.47. The van der Waals surface area contributed by atoms with E-state index in [0.717, 1.165) is 25.9 Å². The lowest BCUT2D eigenvalue weighted by Gasteiger charge is -2.31. The zero-order valence-corrected chi connectivity index (χ0v) is 10.7. The number of carboxylic acids is 1. The lowest BCUT2D eigenvalue weighted by atomic mass is 9.92. The molecule has 0 aliphatic carbocycles. The molecular formula is C12H21NO4. The average molecular weight is 243 g/mol. The van der Waals surface area contributed by atoms with E-state index in [-0.39, 0.29) is 12.0 Å². The van der Waals surface area contributed by atoms with Crippen LogP contribution in [0.2, 0.25) is 0 Å². The summed E-state index contributed by atoms with van der Waals surface area (Å²) in [5.41, 5.74) is -1.37. The highest BCUT2D eigenvalue weighted by Crippen LogP contribution is 2.20. The number of amides is 1. The Labute approximate surface area is 102 Å². The van der Waals surface area contributed by atoms with E-state index in [1.165, 1.54) is 18.7 Å². The number of carbonyl (C=O) groups excluding carboxylic acids is 1. The Morgan fingerprint density at radius 1 is 1.41 bits per heavy atom. The molecule has 1 aliphatic rings. The summed E-state index contributed by atoms with van der Waals surface area (Å²) in [6, 6.07) is 0. The van der Waals surface area contributed by atoms with Crippen molar-refractivity contribution in [3.8, 4) is 0 Å². The van der Waals surface area contributed by atoms with Gasteiger partial charge in [-0.1, -0.05) is 0 Å². The van der Waals surface area contributed by atoms with Crippen molar-refractivity contribution in [2.24, 2.45) is 5.41 Å². The first kappa shape index (κ1) is 14.0. The Morgan fingerprint density at radius 2 is 2.06 bits per heavy atom. The van der Waals surface area contributed by atoms with Crippen molar-refractivity contribution in [2.45, 2.75) is 39.2 Å². The van der Waals surface area contributed by atoms with Crippen LogP contribution in [0.25, 0.3) is 0 Å². The fourth-order valence-corrected chi connectivity index (χ4v) is 1.91. The maximum absolute atomic E-state index is 12.0. The molecule has 0 aromatic carbocycles. The first-order chi connectivity index (χ1) is 7.85. The monoisotopic (exact) mass is 243 g/mol. The van der Waals surface area contributed by atoms with E-state index in [1.54, 1.807) is 7.05 Å². The van der Waals surface area contributed by atoms with Gasteiger partial charge in [0.05, 0.1) is 6.10 Å². The maximum atomic E-state index is 12.0. The second-order valence-corrected chi connectivity index (χ2v) is 5.10. The Balaban J connectivity index is 2.54. The van der Waals surface area contributed by atoms with Gasteiger partial charge in [0.2, 0.25) is 5.91 Å². The molecule has 1 atom stereocenters. The fraction of sp³-hybridized carbons (Fsp3) is 0.833. The first-order valence-corrected chi connectivity index (χ1v) is 5.96. The van der Waals surface area contributed by atoms with Crippen molar-refractivity contribution < 1.29 is 19.4 Å². The van der Waals surface area contributed by atoms with Gasteiger partial charge in [0.25, 0.3) is 0 Å². The number of carbonyl (C=O) groups is 2. The molecule has 0 bridgehead atoms. The van der Waals surface area contributed by atoms with Crippen molar-refractivity contribution in [1.29, 1.82) is 0 Å². The molecule has 0 saturated carbocycles. The quantitative estimate of drug-likeness (QED) is 0.751. The van der Waals surface area contributed by atoms with Gasteiger partial charge in [0.15, 0.2) is 0 Å². The molecule has 1 heterocycles. The predicted molar refractivity (Wildman–Crippen MR) is 62.6 cm³/mol. The van der Waals surface area contributed by atoms with Crippen LogP contribution in [-0.4, -0.2) is 48.2 Å². The van der Waals surface area contributed by atoms with Gasteiger partial charge in [0.1, 0.15) is 5.41 Å². The van der Waals surface area contributed by atoms with Crippen molar-refractivity contribution >= 4 is 11.9 Å². The molecule has 17 heavy (non-hydrogen) atoms. The molecule has 1 saturated heterocycles. The maximum Gasteiger partial charge on any atom is 0.318 e. The second kappa shape index (κ2) is 5.49. The molecule has 1 unspecified atom stereocenters. The lowest BCUT2D eigenvalue weighted by Crippen LogP contribution is -2.46. The predicted octanol–water partition coefficient (Wildman–Crippen LogP) is 1.12. The highest BCUT2D eigenvalue weighted by atomic mass is 16.5. The molecule has 5 heteroatoms. The van der Waals surface area contributed by atoms with Gasteiger partial charge in [-0.3, -0.25) is 9.59 Å². The molecule has 1 amide bonds. The average Bonchev–Trinajstić information content (AvgIpc) is 2.29. The van der Waals surface area contributed by atoms with Gasteiger partial charge >= 0.3 is 5.97 Å². The molecule has 0 spiro atoms. The summed E-state index contributed by atoms with van der Waals surface area (Å²) in [6.07, 6.45) is 3.15. The number of nitrogens with zero attached hydrogens (tertiary/aromatic N) is 1. The number of hydrogen-bond donors (Lipinski definition) is 1. The molecule has 0 aromatic heterocycles. The number of rotatable bonds is 4. The Bertz CT molecular complexity index is 295. The molecule has 1 fully saturated rings. The SMILES string of the molecule is CN(CC1CCCCO1)C(=O)C(C)(C)C(=O)O. The van der Waals surface area contributed by atoms with E-state index in [0.29, 0.717) is 6.54 Å². The van der Waals surface area contributed by atoms with Crippen molar-refractivity contribution in [3.05, 3.63) is 0 Å². The fourth-order valence-electron chi connectivity index (χ4n) is 1.91. The summed E-state index contributed by atoms with van der Waals surface area (Å²) < 4.78 is 5.53. The standard InChI is InChI=1S/C12H21NO4/c1-12(2,11(15)16)10(14)13(3)8-9-6-4-5-7-17-9/h9H,4-8H2,1-3H3,(H,15,16). The number of aliphatic carboxylic acids is 1. The third-order valence-corrected chi connectivity index (χ3v) is 3.17. The molecule has 0 radical (unpaired) electrons. The minimum Gasteiger partial charge on any atom is -0.480 e. The van der Waals surface area contributed by atoms with Gasteiger partial charge in [-0.15, -0.1) is 0 Å². The van der Waals surface area contributed by atoms with Crippen LogP contribution in [0.1, 0.15) is 33.1 Å². The zero-order valence-electron chi connectivity index (χ0n) is 10.7. The molecular weight excluding hydrogens is 222 g/mol. The van der Waals surface area contributed by atoms with E-state index >= 15 is 0 Å². The minimum atomic E-state index is -1.37. The summed E-state index contributed by atoms with van der Waals surface area (Å²) >= 11 is 0. The van der Waals surface area contributed by atoms with Crippen LogP contribution in [0.15, 0.2) is 0 Å². The summed E-state index contributed by atoms with van der Waals surface area (Å²) in [5, 5.41) is 8.99. The van der Waals surface area contributed by atoms with Crippen LogP contribution < -0.4 is 0 Å². The van der Waals surface area contributed by atoms with Gasteiger partial charge in [-0.25, -0.2) is 0 Å². The Kier molecular flexibility index (Phi) is 4.51. The van der Waals surface area contributed by atoms with Gasteiger partial charge in [-0.2, -0.15) is 0 Å².